The van der Waals surface area contributed by atoms with Crippen molar-refractivity contribution in [1.29, 1.82) is 0 Å². The van der Waals surface area contributed by atoms with Gasteiger partial charge in [0.1, 0.15) is 0 Å². The van der Waals surface area contributed by atoms with Gasteiger partial charge in [-0.2, -0.15) is 18.3 Å². The second kappa shape index (κ2) is 8.39. The van der Waals surface area contributed by atoms with E-state index in [1.54, 1.807) is 24.3 Å². The highest BCUT2D eigenvalue weighted by molar-refractivity contribution is 6.31. The molecule has 0 atom stereocenters. The summed E-state index contributed by atoms with van der Waals surface area (Å²) in [6.07, 6.45) is -4.67. The number of rotatable bonds is 4. The Balaban J connectivity index is 1.65. The first-order valence-corrected chi connectivity index (χ1v) is 9.79. The number of anilines is 2. The second-order valence-electron chi connectivity index (χ2n) is 6.92. The van der Waals surface area contributed by atoms with Gasteiger partial charge in [-0.1, -0.05) is 54.1 Å². The predicted molar refractivity (Wildman–Crippen MR) is 118 cm³/mol. The molecule has 0 aliphatic rings. The third-order valence-corrected chi connectivity index (χ3v) is 5.15. The Morgan fingerprint density at radius 3 is 2.19 bits per heavy atom. The second-order valence-corrected chi connectivity index (χ2v) is 7.32. The summed E-state index contributed by atoms with van der Waals surface area (Å²) in [5, 5.41) is 6.80. The molecule has 4 aromatic rings. The lowest BCUT2D eigenvalue weighted by Crippen LogP contribution is -2.31. The molecule has 0 unspecified atom stereocenters. The smallest absolute Gasteiger partial charge is 0.351 e. The number of hydrogen-bond donors (Lipinski definition) is 2. The SMILES string of the molecule is NC(=O)N(c1ccc(-c2cc(-c3ccccc3)n[nH]2)cc1)c1ccc(Cl)c(C(F)(F)F)c1. The number of nitrogens with zero attached hydrogens (tertiary/aromatic N) is 2. The molecule has 1 heterocycles. The van der Waals surface area contributed by atoms with Gasteiger partial charge in [0, 0.05) is 5.56 Å². The molecule has 0 fully saturated rings. The van der Waals surface area contributed by atoms with Crippen molar-refractivity contribution in [2.45, 2.75) is 6.18 Å². The van der Waals surface area contributed by atoms with Crippen molar-refractivity contribution < 1.29 is 18.0 Å². The topological polar surface area (TPSA) is 75.0 Å². The Labute approximate surface area is 186 Å². The molecule has 4 rings (SSSR count). The highest BCUT2D eigenvalue weighted by atomic mass is 35.5. The summed E-state index contributed by atoms with van der Waals surface area (Å²) in [5.41, 5.74) is 7.92. The number of alkyl halides is 3. The van der Waals surface area contributed by atoms with E-state index in [9.17, 15) is 18.0 Å². The van der Waals surface area contributed by atoms with Crippen LogP contribution in [0.3, 0.4) is 0 Å². The lowest BCUT2D eigenvalue weighted by molar-refractivity contribution is -0.137. The molecule has 3 aromatic carbocycles. The van der Waals surface area contributed by atoms with Crippen molar-refractivity contribution in [3.05, 3.63) is 89.4 Å². The minimum absolute atomic E-state index is 0.0464. The van der Waals surface area contributed by atoms with E-state index in [2.05, 4.69) is 10.2 Å². The van der Waals surface area contributed by atoms with Crippen LogP contribution in [0.5, 0.6) is 0 Å². The zero-order valence-corrected chi connectivity index (χ0v) is 17.2. The maximum absolute atomic E-state index is 13.2. The van der Waals surface area contributed by atoms with Crippen LogP contribution in [0.15, 0.2) is 78.9 Å². The summed E-state index contributed by atoms with van der Waals surface area (Å²) in [7, 11) is 0. The van der Waals surface area contributed by atoms with Gasteiger partial charge in [-0.25, -0.2) is 4.79 Å². The van der Waals surface area contributed by atoms with Crippen molar-refractivity contribution in [1.82, 2.24) is 10.2 Å². The van der Waals surface area contributed by atoms with E-state index in [0.717, 1.165) is 39.5 Å². The number of amides is 2. The van der Waals surface area contributed by atoms with Gasteiger partial charge in [-0.15, -0.1) is 0 Å². The first-order chi connectivity index (χ1) is 15.2. The van der Waals surface area contributed by atoms with Gasteiger partial charge in [0.05, 0.1) is 33.3 Å². The maximum Gasteiger partial charge on any atom is 0.417 e. The first kappa shape index (κ1) is 21.5. The average molecular weight is 457 g/mol. The first-order valence-electron chi connectivity index (χ1n) is 9.41. The highest BCUT2D eigenvalue weighted by Gasteiger charge is 2.34. The molecular weight excluding hydrogens is 441 g/mol. The Hall–Kier alpha value is -3.78. The molecule has 0 aliphatic carbocycles. The van der Waals surface area contributed by atoms with Crippen LogP contribution in [-0.2, 0) is 6.18 Å². The molecule has 0 bridgehead atoms. The van der Waals surface area contributed by atoms with E-state index in [1.165, 1.54) is 6.07 Å². The molecule has 162 valence electrons. The van der Waals surface area contributed by atoms with Gasteiger partial charge in [0.15, 0.2) is 0 Å². The Morgan fingerprint density at radius 1 is 0.906 bits per heavy atom. The predicted octanol–water partition coefficient (Wildman–Crippen LogP) is 6.63. The molecule has 2 amide bonds. The number of urea groups is 1. The number of nitrogens with two attached hydrogens (primary N) is 1. The summed E-state index contributed by atoms with van der Waals surface area (Å²) in [4.78, 5) is 13.1. The average Bonchev–Trinajstić information content (AvgIpc) is 3.25. The zero-order valence-electron chi connectivity index (χ0n) is 16.4. The number of H-pyrrole nitrogens is 1. The summed E-state index contributed by atoms with van der Waals surface area (Å²) in [6, 6.07) is 20.4. The van der Waals surface area contributed by atoms with Crippen molar-refractivity contribution in [3.63, 3.8) is 0 Å². The number of halogens is 4. The number of primary amides is 1. The number of carbonyl (C=O) groups is 1. The van der Waals surface area contributed by atoms with Gasteiger partial charge < -0.3 is 5.73 Å². The van der Waals surface area contributed by atoms with Gasteiger partial charge in [0.2, 0.25) is 0 Å². The molecule has 9 heteroatoms. The normalized spacial score (nSPS) is 11.4. The molecule has 1 aromatic heterocycles. The lowest BCUT2D eigenvalue weighted by atomic mass is 10.1. The third-order valence-electron chi connectivity index (χ3n) is 4.82. The monoisotopic (exact) mass is 456 g/mol. The van der Waals surface area contributed by atoms with Crippen molar-refractivity contribution in [3.8, 4) is 22.5 Å². The fourth-order valence-corrected chi connectivity index (χ4v) is 3.51. The van der Waals surface area contributed by atoms with Crippen LogP contribution in [-0.4, -0.2) is 16.2 Å². The Bertz CT molecular complexity index is 1250. The van der Waals surface area contributed by atoms with Crippen LogP contribution in [0.4, 0.5) is 29.3 Å². The lowest BCUT2D eigenvalue weighted by Gasteiger charge is -2.22. The number of aromatic nitrogens is 2. The summed E-state index contributed by atoms with van der Waals surface area (Å²) in [5.74, 6) is 0. The van der Waals surface area contributed by atoms with E-state index in [4.69, 9.17) is 17.3 Å². The van der Waals surface area contributed by atoms with Gasteiger partial charge in [-0.05, 0) is 42.0 Å². The fraction of sp³-hybridized carbons (Fsp3) is 0.0435. The van der Waals surface area contributed by atoms with Crippen molar-refractivity contribution in [2.24, 2.45) is 5.73 Å². The van der Waals surface area contributed by atoms with Crippen LogP contribution in [0.2, 0.25) is 5.02 Å². The largest absolute Gasteiger partial charge is 0.417 e. The molecule has 0 saturated heterocycles. The van der Waals surface area contributed by atoms with E-state index in [1.807, 2.05) is 36.4 Å². The molecular formula is C23H16ClF3N4O. The number of carbonyl (C=O) groups excluding carboxylic acids is 1. The number of nitrogens with one attached hydrogen (secondary N) is 1. The molecule has 0 radical (unpaired) electrons. The quantitative estimate of drug-likeness (QED) is 0.361. The summed E-state index contributed by atoms with van der Waals surface area (Å²) in [6.45, 7) is 0. The Morgan fingerprint density at radius 2 is 1.56 bits per heavy atom. The van der Waals surface area contributed by atoms with Crippen LogP contribution >= 0.6 is 11.6 Å². The van der Waals surface area contributed by atoms with Crippen LogP contribution < -0.4 is 10.6 Å². The molecule has 32 heavy (non-hydrogen) atoms. The van der Waals surface area contributed by atoms with E-state index in [0.29, 0.717) is 5.69 Å². The standard InChI is InChI=1S/C23H16ClF3N4O/c24-19-11-10-17(12-18(19)23(25,26)27)31(22(28)32)16-8-6-15(7-9-16)21-13-20(29-30-21)14-4-2-1-3-5-14/h1-13H,(H2,28,32)(H,29,30). The minimum Gasteiger partial charge on any atom is -0.351 e. The molecule has 5 nitrogen and oxygen atoms in total. The van der Waals surface area contributed by atoms with Crippen molar-refractivity contribution >= 4 is 29.0 Å². The molecule has 3 N–H and O–H groups in total. The molecule has 0 aliphatic heterocycles. The number of benzene rings is 3. The van der Waals surface area contributed by atoms with Gasteiger partial charge in [0.25, 0.3) is 0 Å². The summed E-state index contributed by atoms with van der Waals surface area (Å²) < 4.78 is 39.7. The summed E-state index contributed by atoms with van der Waals surface area (Å²) >= 11 is 5.68. The minimum atomic E-state index is -4.67. The van der Waals surface area contributed by atoms with E-state index >= 15 is 0 Å². The third kappa shape index (κ3) is 4.31. The fourth-order valence-electron chi connectivity index (χ4n) is 3.29. The highest BCUT2D eigenvalue weighted by Crippen LogP contribution is 2.38. The Kier molecular flexibility index (Phi) is 5.63. The molecule has 0 saturated carbocycles. The van der Waals surface area contributed by atoms with Crippen LogP contribution in [0.25, 0.3) is 22.5 Å². The van der Waals surface area contributed by atoms with Crippen LogP contribution in [0.1, 0.15) is 5.56 Å². The van der Waals surface area contributed by atoms with Gasteiger partial charge >= 0.3 is 12.2 Å². The van der Waals surface area contributed by atoms with E-state index in [-0.39, 0.29) is 5.69 Å². The number of hydrogen-bond acceptors (Lipinski definition) is 2. The molecule has 0 spiro atoms. The zero-order chi connectivity index (χ0) is 22.9. The van der Waals surface area contributed by atoms with E-state index < -0.39 is 22.8 Å². The maximum atomic E-state index is 13.2. The number of aromatic amines is 1. The van der Waals surface area contributed by atoms with Gasteiger partial charge in [-0.3, -0.25) is 10.00 Å². The van der Waals surface area contributed by atoms with Crippen molar-refractivity contribution in [2.75, 3.05) is 4.90 Å². The van der Waals surface area contributed by atoms with Crippen LogP contribution in [0, 0.1) is 0 Å².